The zero-order valence-corrected chi connectivity index (χ0v) is 8.77. The zero-order valence-electron chi connectivity index (χ0n) is 8.77. The molecule has 0 saturated carbocycles. The summed E-state index contributed by atoms with van der Waals surface area (Å²) in [5, 5.41) is 0. The lowest BCUT2D eigenvalue weighted by molar-refractivity contribution is -0.133. The molecule has 86 valence electrons. The number of cyclic esters (lactones) is 2. The maximum absolute atomic E-state index is 10.7. The second-order valence-corrected chi connectivity index (χ2v) is 3.58. The van der Waals surface area contributed by atoms with Crippen LogP contribution in [0.4, 0.5) is 0 Å². The maximum atomic E-state index is 10.7. The minimum absolute atomic E-state index is 0.139. The quantitative estimate of drug-likeness (QED) is 0.502. The fourth-order valence-electron chi connectivity index (χ4n) is 1.51. The van der Waals surface area contributed by atoms with Crippen molar-refractivity contribution in [1.29, 1.82) is 0 Å². The van der Waals surface area contributed by atoms with Crippen LogP contribution in [0.1, 0.15) is 25.7 Å². The van der Waals surface area contributed by atoms with Gasteiger partial charge in [0.05, 0.1) is 0 Å². The largest absolute Gasteiger partial charge is 0.411 e. The van der Waals surface area contributed by atoms with E-state index in [0.29, 0.717) is 24.6 Å². The summed E-state index contributed by atoms with van der Waals surface area (Å²) >= 11 is 0. The first kappa shape index (κ1) is 10.8. The summed E-state index contributed by atoms with van der Waals surface area (Å²) in [5.74, 6) is 0.443. The van der Waals surface area contributed by atoms with Crippen LogP contribution in [0.3, 0.4) is 0 Å². The van der Waals surface area contributed by atoms with Crippen LogP contribution in [0, 0.1) is 0 Å². The normalized spacial score (nSPS) is 19.2. The van der Waals surface area contributed by atoms with Gasteiger partial charge in [-0.2, -0.15) is 0 Å². The molecule has 0 spiro atoms. The molecule has 2 aliphatic heterocycles. The SMILES string of the molecule is O=C1CN=C(CCCCC2=NCC(=O)O2)O1. The van der Waals surface area contributed by atoms with Crippen molar-refractivity contribution in [2.45, 2.75) is 25.7 Å². The average molecular weight is 224 g/mol. The number of esters is 2. The van der Waals surface area contributed by atoms with E-state index in [9.17, 15) is 9.59 Å². The van der Waals surface area contributed by atoms with Crippen molar-refractivity contribution in [3.05, 3.63) is 0 Å². The molecule has 16 heavy (non-hydrogen) atoms. The molecule has 0 saturated heterocycles. The molecular weight excluding hydrogens is 212 g/mol. The van der Waals surface area contributed by atoms with E-state index in [1.54, 1.807) is 0 Å². The second-order valence-electron chi connectivity index (χ2n) is 3.58. The smallest absolute Gasteiger partial charge is 0.334 e. The Morgan fingerprint density at radius 2 is 1.31 bits per heavy atom. The van der Waals surface area contributed by atoms with Gasteiger partial charge in [-0.1, -0.05) is 0 Å². The van der Waals surface area contributed by atoms with Crippen molar-refractivity contribution in [1.82, 2.24) is 0 Å². The standard InChI is InChI=1S/C10H12N2O4/c13-9-5-11-7(15-9)3-1-2-4-8-12-6-10(14)16-8/h1-6H2. The summed E-state index contributed by atoms with van der Waals surface area (Å²) in [7, 11) is 0. The van der Waals surface area contributed by atoms with Gasteiger partial charge < -0.3 is 9.47 Å². The van der Waals surface area contributed by atoms with Gasteiger partial charge in [0.15, 0.2) is 11.8 Å². The Morgan fingerprint density at radius 1 is 0.875 bits per heavy atom. The molecule has 0 radical (unpaired) electrons. The maximum Gasteiger partial charge on any atom is 0.334 e. The number of nitrogens with zero attached hydrogens (tertiary/aromatic N) is 2. The van der Waals surface area contributed by atoms with Crippen LogP contribution in [0.25, 0.3) is 0 Å². The highest BCUT2D eigenvalue weighted by Gasteiger charge is 2.17. The number of carbonyl (C=O) groups excluding carboxylic acids is 2. The number of unbranched alkanes of at least 4 members (excludes halogenated alkanes) is 1. The molecule has 2 aliphatic rings. The lowest BCUT2D eigenvalue weighted by Crippen LogP contribution is -2.06. The molecule has 0 aliphatic carbocycles. The first-order valence-electron chi connectivity index (χ1n) is 5.22. The molecule has 6 nitrogen and oxygen atoms in total. The number of ether oxygens (including phenoxy) is 2. The number of hydrogen-bond acceptors (Lipinski definition) is 6. The zero-order chi connectivity index (χ0) is 11.4. The van der Waals surface area contributed by atoms with E-state index in [1.165, 1.54) is 0 Å². The van der Waals surface area contributed by atoms with Gasteiger partial charge >= 0.3 is 11.9 Å². The minimum atomic E-state index is -0.288. The predicted octanol–water partition coefficient (Wildman–Crippen LogP) is 0.457. The molecule has 0 atom stereocenters. The van der Waals surface area contributed by atoms with Gasteiger partial charge in [-0.05, 0) is 12.8 Å². The molecule has 0 bridgehead atoms. The van der Waals surface area contributed by atoms with Gasteiger partial charge in [-0.25, -0.2) is 19.6 Å². The third-order valence-electron chi connectivity index (χ3n) is 2.26. The molecule has 6 heteroatoms. The molecule has 2 heterocycles. The van der Waals surface area contributed by atoms with Crippen molar-refractivity contribution in [2.75, 3.05) is 13.1 Å². The number of hydrogen-bond donors (Lipinski definition) is 0. The molecule has 0 fully saturated rings. The van der Waals surface area contributed by atoms with Gasteiger partial charge in [0.25, 0.3) is 0 Å². The van der Waals surface area contributed by atoms with Crippen LogP contribution < -0.4 is 0 Å². The predicted molar refractivity (Wildman–Crippen MR) is 55.3 cm³/mol. The molecule has 0 aromatic carbocycles. The lowest BCUT2D eigenvalue weighted by Gasteiger charge is -2.00. The Labute approximate surface area is 92.4 Å². The average Bonchev–Trinajstić information content (AvgIpc) is 2.83. The van der Waals surface area contributed by atoms with Crippen molar-refractivity contribution < 1.29 is 19.1 Å². The second kappa shape index (κ2) is 4.87. The first-order chi connectivity index (χ1) is 7.74. The Hall–Kier alpha value is -1.72. The van der Waals surface area contributed by atoms with E-state index >= 15 is 0 Å². The molecule has 0 aromatic rings. The van der Waals surface area contributed by atoms with Crippen LogP contribution in [0.5, 0.6) is 0 Å². The van der Waals surface area contributed by atoms with Crippen molar-refractivity contribution in [2.24, 2.45) is 9.98 Å². The minimum Gasteiger partial charge on any atom is -0.411 e. The van der Waals surface area contributed by atoms with Gasteiger partial charge in [0, 0.05) is 12.8 Å². The van der Waals surface area contributed by atoms with Crippen LogP contribution in [0.15, 0.2) is 9.98 Å². The van der Waals surface area contributed by atoms with E-state index in [-0.39, 0.29) is 25.0 Å². The summed E-state index contributed by atoms with van der Waals surface area (Å²) in [4.78, 5) is 29.3. The van der Waals surface area contributed by atoms with Crippen molar-refractivity contribution in [3.63, 3.8) is 0 Å². The highest BCUT2D eigenvalue weighted by molar-refractivity contribution is 5.95. The molecule has 2 rings (SSSR count). The highest BCUT2D eigenvalue weighted by Crippen LogP contribution is 2.09. The summed E-state index contributed by atoms with van der Waals surface area (Å²) < 4.78 is 9.69. The molecule has 0 unspecified atom stereocenters. The number of carbonyl (C=O) groups is 2. The van der Waals surface area contributed by atoms with Gasteiger partial charge in [-0.3, -0.25) is 0 Å². The third-order valence-corrected chi connectivity index (χ3v) is 2.26. The monoisotopic (exact) mass is 224 g/mol. The summed E-state index contributed by atoms with van der Waals surface area (Å²) in [6, 6.07) is 0. The topological polar surface area (TPSA) is 77.3 Å². The van der Waals surface area contributed by atoms with Gasteiger partial charge in [0.1, 0.15) is 13.1 Å². The van der Waals surface area contributed by atoms with Crippen LogP contribution in [-0.2, 0) is 19.1 Å². The van der Waals surface area contributed by atoms with E-state index in [2.05, 4.69) is 9.98 Å². The van der Waals surface area contributed by atoms with E-state index in [4.69, 9.17) is 9.47 Å². The summed E-state index contributed by atoms with van der Waals surface area (Å²) in [6.45, 7) is 0.277. The lowest BCUT2D eigenvalue weighted by atomic mass is 10.2. The molecular formula is C10H12N2O4. The van der Waals surface area contributed by atoms with E-state index in [0.717, 1.165) is 12.8 Å². The van der Waals surface area contributed by atoms with Crippen LogP contribution in [0.2, 0.25) is 0 Å². The molecule has 0 amide bonds. The number of rotatable bonds is 5. The Bertz CT molecular complexity index is 337. The van der Waals surface area contributed by atoms with Gasteiger partial charge in [0.2, 0.25) is 0 Å². The third kappa shape index (κ3) is 2.88. The van der Waals surface area contributed by atoms with Crippen molar-refractivity contribution >= 4 is 23.7 Å². The van der Waals surface area contributed by atoms with E-state index < -0.39 is 0 Å². The van der Waals surface area contributed by atoms with E-state index in [1.807, 2.05) is 0 Å². The molecule has 0 aromatic heterocycles. The van der Waals surface area contributed by atoms with Crippen LogP contribution in [-0.4, -0.2) is 36.8 Å². The summed E-state index contributed by atoms with van der Waals surface area (Å²) in [5.41, 5.74) is 0. The molecule has 0 N–H and O–H groups in total. The van der Waals surface area contributed by atoms with Crippen molar-refractivity contribution in [3.8, 4) is 0 Å². The van der Waals surface area contributed by atoms with Gasteiger partial charge in [-0.15, -0.1) is 0 Å². The van der Waals surface area contributed by atoms with Crippen LogP contribution >= 0.6 is 0 Å². The fourth-order valence-corrected chi connectivity index (χ4v) is 1.51. The Balaban J connectivity index is 1.59. The first-order valence-corrected chi connectivity index (χ1v) is 5.22. The Kier molecular flexibility index (Phi) is 3.28. The Morgan fingerprint density at radius 3 is 1.62 bits per heavy atom. The summed E-state index contributed by atoms with van der Waals surface area (Å²) in [6.07, 6.45) is 2.96. The fraction of sp³-hybridized carbons (Fsp3) is 0.600. The number of aliphatic imine (C=N–C) groups is 2. The highest BCUT2D eigenvalue weighted by atomic mass is 16.6.